The topological polar surface area (TPSA) is 3.24 Å². The van der Waals surface area contributed by atoms with Gasteiger partial charge in [0.15, 0.2) is 0 Å². The molecule has 282 valence electrons. The second-order valence-electron chi connectivity index (χ2n) is 19.6. The van der Waals surface area contributed by atoms with Gasteiger partial charge in [-0.2, -0.15) is 0 Å². The highest BCUT2D eigenvalue weighted by Crippen LogP contribution is 2.89. The quantitative estimate of drug-likeness (QED) is 0.197. The van der Waals surface area contributed by atoms with Crippen molar-refractivity contribution >= 4 is 16.9 Å². The normalized spacial score (nSPS) is 32.2. The molecular formula is C55H50FN. The lowest BCUT2D eigenvalue weighted by molar-refractivity contribution is -0.231. The van der Waals surface area contributed by atoms with Gasteiger partial charge in [-0.15, -0.1) is 0 Å². The molecule has 0 N–H and O–H groups in total. The van der Waals surface area contributed by atoms with Crippen molar-refractivity contribution in [2.24, 2.45) is 35.0 Å². The third-order valence-corrected chi connectivity index (χ3v) is 17.1. The molecule has 0 saturated heterocycles. The first kappa shape index (κ1) is 33.1. The molecule has 1 nitrogen and oxygen atoms in total. The number of hydrogen-bond donors (Lipinski definition) is 0. The molecule has 7 atom stereocenters. The van der Waals surface area contributed by atoms with E-state index in [9.17, 15) is 0 Å². The lowest BCUT2D eigenvalue weighted by atomic mass is 9.27. The number of halogens is 1. The van der Waals surface area contributed by atoms with Crippen LogP contribution in [0.1, 0.15) is 93.9 Å². The van der Waals surface area contributed by atoms with Crippen molar-refractivity contribution in [2.75, 3.05) is 4.90 Å². The number of fused-ring (bicyclic) bond motifs is 10. The second-order valence-corrected chi connectivity index (χ2v) is 19.6. The SMILES string of the molecule is CC1(C)C2=C(C=CCC2)c2ccc(N(C3=CCC(C4=CCCC=C4)C=C3)c3ccc(-c4ccc5c(c4)-c4ccccc4C54C5CC6CC7CC4C75C6)c(F)c3)cc21. The highest BCUT2D eigenvalue weighted by Gasteiger charge is 2.84. The third kappa shape index (κ3) is 4.10. The molecule has 4 fully saturated rings. The lowest BCUT2D eigenvalue weighted by Gasteiger charge is -2.76. The van der Waals surface area contributed by atoms with Crippen molar-refractivity contribution in [2.45, 2.75) is 82.5 Å². The summed E-state index contributed by atoms with van der Waals surface area (Å²) in [5.41, 5.74) is 18.3. The Labute approximate surface area is 337 Å². The molecule has 4 aromatic carbocycles. The summed E-state index contributed by atoms with van der Waals surface area (Å²) in [7, 11) is 0. The maximum atomic E-state index is 17.0. The van der Waals surface area contributed by atoms with Crippen LogP contribution >= 0.6 is 0 Å². The van der Waals surface area contributed by atoms with E-state index in [2.05, 4.69) is 134 Å². The molecule has 2 spiro atoms. The largest absolute Gasteiger partial charge is 0.311 e. The van der Waals surface area contributed by atoms with Gasteiger partial charge < -0.3 is 4.90 Å². The molecule has 13 rings (SSSR count). The van der Waals surface area contributed by atoms with Crippen molar-refractivity contribution in [3.8, 4) is 22.3 Å². The van der Waals surface area contributed by atoms with Gasteiger partial charge in [0.25, 0.3) is 0 Å². The van der Waals surface area contributed by atoms with Crippen LogP contribution < -0.4 is 4.90 Å². The van der Waals surface area contributed by atoms with E-state index in [0.717, 1.165) is 78.4 Å². The van der Waals surface area contributed by atoms with E-state index < -0.39 is 0 Å². The van der Waals surface area contributed by atoms with E-state index in [4.69, 9.17) is 0 Å². The van der Waals surface area contributed by atoms with Crippen LogP contribution in [0.15, 0.2) is 144 Å². The summed E-state index contributed by atoms with van der Waals surface area (Å²) in [6.45, 7) is 4.76. The lowest BCUT2D eigenvalue weighted by Crippen LogP contribution is -2.73. The Morgan fingerprint density at radius 2 is 1.51 bits per heavy atom. The van der Waals surface area contributed by atoms with Crippen LogP contribution in [0.3, 0.4) is 0 Å². The fourth-order valence-corrected chi connectivity index (χ4v) is 14.9. The van der Waals surface area contributed by atoms with Crippen molar-refractivity contribution in [1.29, 1.82) is 0 Å². The van der Waals surface area contributed by atoms with E-state index in [1.54, 1.807) is 17.2 Å². The maximum absolute atomic E-state index is 17.0. The number of allylic oxidation sites excluding steroid dienone is 11. The smallest absolute Gasteiger partial charge is 0.133 e. The number of rotatable bonds is 5. The van der Waals surface area contributed by atoms with E-state index >= 15 is 4.39 Å². The summed E-state index contributed by atoms with van der Waals surface area (Å²) in [6, 6.07) is 29.2. The summed E-state index contributed by atoms with van der Waals surface area (Å²) in [5, 5.41) is 0. The minimum absolute atomic E-state index is 0.0452. The van der Waals surface area contributed by atoms with Gasteiger partial charge in [0, 0.05) is 39.4 Å². The molecule has 2 heteroatoms. The number of benzene rings is 4. The third-order valence-electron chi connectivity index (χ3n) is 17.1. The van der Waals surface area contributed by atoms with Crippen LogP contribution in [0.4, 0.5) is 15.8 Å². The molecule has 2 bridgehead atoms. The Morgan fingerprint density at radius 3 is 2.33 bits per heavy atom. The van der Waals surface area contributed by atoms with Gasteiger partial charge >= 0.3 is 0 Å². The Hall–Kier alpha value is -4.95. The van der Waals surface area contributed by atoms with Gasteiger partial charge in [0.2, 0.25) is 0 Å². The van der Waals surface area contributed by atoms with E-state index in [1.165, 1.54) is 64.6 Å². The number of hydrogen-bond acceptors (Lipinski definition) is 1. The van der Waals surface area contributed by atoms with E-state index in [-0.39, 0.29) is 16.6 Å². The van der Waals surface area contributed by atoms with Crippen molar-refractivity contribution in [1.82, 2.24) is 0 Å². The minimum Gasteiger partial charge on any atom is -0.311 e. The van der Waals surface area contributed by atoms with Crippen molar-refractivity contribution in [3.05, 3.63) is 172 Å². The maximum Gasteiger partial charge on any atom is 0.133 e. The van der Waals surface area contributed by atoms with Crippen molar-refractivity contribution in [3.63, 3.8) is 0 Å². The highest BCUT2D eigenvalue weighted by atomic mass is 19.1. The van der Waals surface area contributed by atoms with Gasteiger partial charge in [-0.25, -0.2) is 4.39 Å². The first-order valence-electron chi connectivity index (χ1n) is 22.0. The van der Waals surface area contributed by atoms with Gasteiger partial charge in [-0.05, 0) is 179 Å². The zero-order valence-electron chi connectivity index (χ0n) is 33.2. The molecule has 4 aromatic rings. The summed E-state index contributed by atoms with van der Waals surface area (Å²) in [5.74, 6) is 3.66. The van der Waals surface area contributed by atoms with Crippen LogP contribution in [0.25, 0.3) is 27.8 Å². The second kappa shape index (κ2) is 11.4. The van der Waals surface area contributed by atoms with Crippen LogP contribution in [-0.4, -0.2) is 0 Å². The Morgan fingerprint density at radius 1 is 0.684 bits per heavy atom. The Kier molecular flexibility index (Phi) is 6.60. The van der Waals surface area contributed by atoms with Crippen LogP contribution in [0.2, 0.25) is 0 Å². The fraction of sp³-hybridized carbons (Fsp3) is 0.345. The summed E-state index contributed by atoms with van der Waals surface area (Å²) in [6.07, 6.45) is 29.8. The standard InChI is InChI=1S/C55H50FN/c1-53(2)46-14-8-6-12-42(46)44-24-22-39(30-49(44)53)57(38-19-16-35(17-20-38)34-10-4-3-5-11-34)40-21-23-41(50(56)31-40)36-18-25-48-45(28-36)43-13-7-9-15-47(43)55(48)51-27-33-26-37-29-52(55)54(37,51)32-33/h4,6-7,9-13,15-16,18-25,28,30-31,33,35,37,51-52H,3,5,8,14,17,26-27,29,32H2,1-2H3. The monoisotopic (exact) mass is 743 g/mol. The highest BCUT2D eigenvalue weighted by molar-refractivity contribution is 5.89. The van der Waals surface area contributed by atoms with Gasteiger partial charge in [0.1, 0.15) is 5.82 Å². The molecule has 0 aromatic heterocycles. The number of anilines is 2. The van der Waals surface area contributed by atoms with Gasteiger partial charge in [0.05, 0.1) is 0 Å². The molecule has 0 aliphatic heterocycles. The fourth-order valence-electron chi connectivity index (χ4n) is 14.9. The molecular weight excluding hydrogens is 694 g/mol. The van der Waals surface area contributed by atoms with Gasteiger partial charge in [-0.3, -0.25) is 0 Å². The minimum atomic E-state index is -0.171. The van der Waals surface area contributed by atoms with E-state index in [0.29, 0.717) is 16.9 Å². The van der Waals surface area contributed by atoms with Crippen LogP contribution in [-0.2, 0) is 10.8 Å². The first-order valence-corrected chi connectivity index (χ1v) is 22.0. The Bertz CT molecular complexity index is 2660. The van der Waals surface area contributed by atoms with E-state index in [1.807, 2.05) is 6.07 Å². The van der Waals surface area contributed by atoms with Crippen LogP contribution in [0, 0.1) is 40.8 Å². The van der Waals surface area contributed by atoms with Crippen LogP contribution in [0.5, 0.6) is 0 Å². The first-order chi connectivity index (χ1) is 27.9. The molecule has 0 amide bonds. The molecule has 9 aliphatic carbocycles. The van der Waals surface area contributed by atoms with Crippen molar-refractivity contribution < 1.29 is 4.39 Å². The molecule has 7 unspecified atom stereocenters. The Balaban J connectivity index is 0.888. The summed E-state index contributed by atoms with van der Waals surface area (Å²) >= 11 is 0. The molecule has 9 aliphatic rings. The predicted octanol–water partition coefficient (Wildman–Crippen LogP) is 14.1. The zero-order chi connectivity index (χ0) is 37.8. The average Bonchev–Trinajstić information content (AvgIpc) is 3.93. The zero-order valence-corrected chi connectivity index (χ0v) is 33.2. The predicted molar refractivity (Wildman–Crippen MR) is 232 cm³/mol. The molecule has 4 saturated carbocycles. The molecule has 57 heavy (non-hydrogen) atoms. The molecule has 0 radical (unpaired) electrons. The summed E-state index contributed by atoms with van der Waals surface area (Å²) in [4.78, 5) is 2.30. The number of nitrogens with zero attached hydrogens (tertiary/aromatic N) is 1. The molecule has 0 heterocycles. The average molecular weight is 744 g/mol. The van der Waals surface area contributed by atoms with Gasteiger partial charge in [-0.1, -0.05) is 104 Å². The summed E-state index contributed by atoms with van der Waals surface area (Å²) < 4.78 is 17.0.